The van der Waals surface area contributed by atoms with Gasteiger partial charge in [-0.05, 0) is 30.0 Å². The van der Waals surface area contributed by atoms with E-state index in [9.17, 15) is 0 Å². The monoisotopic (exact) mass is 469 g/mol. The van der Waals surface area contributed by atoms with E-state index in [1.54, 1.807) is 0 Å². The molecular weight excluding hydrogens is 437 g/mol. The van der Waals surface area contributed by atoms with Crippen LogP contribution in [0.1, 0.15) is 38.3 Å². The third kappa shape index (κ3) is 6.97. The minimum Gasteiger partial charge on any atom is -0.356 e. The molecule has 1 heterocycles. The van der Waals surface area contributed by atoms with Crippen LogP contribution in [-0.2, 0) is 18.4 Å². The molecule has 0 unspecified atom stereocenters. The molecule has 2 aromatic rings. The Morgan fingerprint density at radius 2 is 1.92 bits per heavy atom. The van der Waals surface area contributed by atoms with Gasteiger partial charge in [-0.15, -0.1) is 24.0 Å². The summed E-state index contributed by atoms with van der Waals surface area (Å²) < 4.78 is 1.95. The van der Waals surface area contributed by atoms with Crippen LogP contribution in [0.4, 0.5) is 0 Å². The SMILES string of the molecule is CCc1ccc(C(C)(C)CNC(=NC)NCCCn2cccn2)cc1.I. The maximum atomic E-state index is 4.32. The van der Waals surface area contributed by atoms with Crippen molar-refractivity contribution in [2.45, 2.75) is 45.6 Å². The van der Waals surface area contributed by atoms with Crippen molar-refractivity contribution in [3.63, 3.8) is 0 Å². The zero-order valence-corrected chi connectivity index (χ0v) is 18.7. The van der Waals surface area contributed by atoms with Gasteiger partial charge in [0.05, 0.1) is 0 Å². The van der Waals surface area contributed by atoms with Gasteiger partial charge in [0, 0.05) is 44.5 Å². The molecule has 0 aliphatic carbocycles. The van der Waals surface area contributed by atoms with Gasteiger partial charge in [-0.25, -0.2) is 0 Å². The van der Waals surface area contributed by atoms with Crippen LogP contribution >= 0.6 is 24.0 Å². The smallest absolute Gasteiger partial charge is 0.191 e. The summed E-state index contributed by atoms with van der Waals surface area (Å²) >= 11 is 0. The molecule has 26 heavy (non-hydrogen) atoms. The molecule has 0 bridgehead atoms. The molecule has 1 aromatic carbocycles. The van der Waals surface area contributed by atoms with Gasteiger partial charge in [0.25, 0.3) is 0 Å². The normalized spacial score (nSPS) is 11.8. The van der Waals surface area contributed by atoms with Gasteiger partial charge in [-0.2, -0.15) is 5.10 Å². The summed E-state index contributed by atoms with van der Waals surface area (Å²) in [6.07, 6.45) is 5.88. The zero-order valence-electron chi connectivity index (χ0n) is 16.3. The predicted molar refractivity (Wildman–Crippen MR) is 120 cm³/mol. The number of halogens is 1. The molecule has 0 aliphatic rings. The molecular formula is C20H32IN5. The highest BCUT2D eigenvalue weighted by Crippen LogP contribution is 2.22. The van der Waals surface area contributed by atoms with Crippen molar-refractivity contribution < 1.29 is 0 Å². The van der Waals surface area contributed by atoms with Crippen molar-refractivity contribution in [2.75, 3.05) is 20.1 Å². The highest BCUT2D eigenvalue weighted by molar-refractivity contribution is 14.0. The predicted octanol–water partition coefficient (Wildman–Crippen LogP) is 3.60. The number of aliphatic imine (C=N–C) groups is 1. The van der Waals surface area contributed by atoms with E-state index < -0.39 is 0 Å². The van der Waals surface area contributed by atoms with Crippen LogP contribution in [0.3, 0.4) is 0 Å². The van der Waals surface area contributed by atoms with Crippen molar-refractivity contribution in [2.24, 2.45) is 4.99 Å². The van der Waals surface area contributed by atoms with Crippen molar-refractivity contribution >= 4 is 29.9 Å². The number of aryl methyl sites for hydroxylation is 2. The van der Waals surface area contributed by atoms with Crippen LogP contribution in [0.25, 0.3) is 0 Å². The van der Waals surface area contributed by atoms with Gasteiger partial charge in [-0.1, -0.05) is 45.0 Å². The number of benzene rings is 1. The first kappa shape index (κ1) is 22.5. The van der Waals surface area contributed by atoms with Crippen molar-refractivity contribution in [1.82, 2.24) is 20.4 Å². The molecule has 0 spiro atoms. The van der Waals surface area contributed by atoms with Gasteiger partial charge in [0.15, 0.2) is 5.96 Å². The average molecular weight is 469 g/mol. The van der Waals surface area contributed by atoms with E-state index in [1.165, 1.54) is 11.1 Å². The Bertz CT molecular complexity index is 647. The molecule has 0 saturated carbocycles. The molecule has 0 radical (unpaired) electrons. The van der Waals surface area contributed by atoms with Gasteiger partial charge in [0.1, 0.15) is 0 Å². The highest BCUT2D eigenvalue weighted by Gasteiger charge is 2.20. The van der Waals surface area contributed by atoms with Crippen LogP contribution in [-0.4, -0.2) is 35.9 Å². The summed E-state index contributed by atoms with van der Waals surface area (Å²) in [7, 11) is 1.81. The zero-order chi connectivity index (χ0) is 18.1. The molecule has 6 heteroatoms. The molecule has 2 rings (SSSR count). The average Bonchev–Trinajstić information content (AvgIpc) is 3.14. The molecule has 0 saturated heterocycles. The van der Waals surface area contributed by atoms with Crippen LogP contribution in [0.5, 0.6) is 0 Å². The van der Waals surface area contributed by atoms with Crippen molar-refractivity contribution in [3.8, 4) is 0 Å². The number of guanidine groups is 1. The first-order chi connectivity index (χ1) is 12.0. The van der Waals surface area contributed by atoms with E-state index in [-0.39, 0.29) is 29.4 Å². The summed E-state index contributed by atoms with van der Waals surface area (Å²) in [5.74, 6) is 0.846. The molecule has 0 fully saturated rings. The summed E-state index contributed by atoms with van der Waals surface area (Å²) in [6, 6.07) is 10.9. The van der Waals surface area contributed by atoms with E-state index in [1.807, 2.05) is 30.2 Å². The fourth-order valence-electron chi connectivity index (χ4n) is 2.70. The lowest BCUT2D eigenvalue weighted by molar-refractivity contribution is 0.506. The lowest BCUT2D eigenvalue weighted by atomic mass is 9.84. The topological polar surface area (TPSA) is 54.2 Å². The second-order valence-corrected chi connectivity index (χ2v) is 6.91. The maximum absolute atomic E-state index is 4.32. The van der Waals surface area contributed by atoms with Crippen LogP contribution in [0.15, 0.2) is 47.7 Å². The lowest BCUT2D eigenvalue weighted by Gasteiger charge is -2.27. The van der Waals surface area contributed by atoms with Gasteiger partial charge in [-0.3, -0.25) is 9.67 Å². The largest absolute Gasteiger partial charge is 0.356 e. The molecule has 0 amide bonds. The molecule has 1 aromatic heterocycles. The van der Waals surface area contributed by atoms with E-state index in [2.05, 4.69) is 65.8 Å². The third-order valence-corrected chi connectivity index (χ3v) is 4.48. The first-order valence-electron chi connectivity index (χ1n) is 9.06. The minimum atomic E-state index is 0. The number of nitrogens with one attached hydrogen (secondary N) is 2. The van der Waals surface area contributed by atoms with Gasteiger partial charge in [0.2, 0.25) is 0 Å². The molecule has 0 atom stereocenters. The number of aromatic nitrogens is 2. The Hall–Kier alpha value is -1.57. The fraction of sp³-hybridized carbons (Fsp3) is 0.500. The quantitative estimate of drug-likeness (QED) is 0.269. The molecule has 5 nitrogen and oxygen atoms in total. The summed E-state index contributed by atoms with van der Waals surface area (Å²) in [5, 5.41) is 11.0. The molecule has 0 aliphatic heterocycles. The second-order valence-electron chi connectivity index (χ2n) is 6.91. The Labute approximate surface area is 174 Å². The maximum Gasteiger partial charge on any atom is 0.191 e. The minimum absolute atomic E-state index is 0. The van der Waals surface area contributed by atoms with Crippen molar-refractivity contribution in [1.29, 1.82) is 0 Å². The Balaban J connectivity index is 0.00000338. The number of hydrogen-bond acceptors (Lipinski definition) is 2. The number of nitrogens with zero attached hydrogens (tertiary/aromatic N) is 3. The van der Waals surface area contributed by atoms with E-state index in [0.29, 0.717) is 0 Å². The highest BCUT2D eigenvalue weighted by atomic mass is 127. The Kier molecular flexibility index (Phi) is 9.69. The van der Waals surface area contributed by atoms with E-state index in [4.69, 9.17) is 0 Å². The van der Waals surface area contributed by atoms with Crippen LogP contribution in [0.2, 0.25) is 0 Å². The van der Waals surface area contributed by atoms with E-state index >= 15 is 0 Å². The number of hydrogen-bond donors (Lipinski definition) is 2. The fourth-order valence-corrected chi connectivity index (χ4v) is 2.70. The standard InChI is InChI=1S/C20H31N5.HI/c1-5-17-8-10-18(11-9-17)20(2,3)16-23-19(21-4)22-12-6-14-25-15-7-13-24-25;/h7-11,13,15H,5-6,12,14,16H2,1-4H3,(H2,21,22,23);1H. The third-order valence-electron chi connectivity index (χ3n) is 4.48. The van der Waals surface area contributed by atoms with Crippen molar-refractivity contribution in [3.05, 3.63) is 53.9 Å². The molecule has 2 N–H and O–H groups in total. The lowest BCUT2D eigenvalue weighted by Crippen LogP contribution is -2.43. The van der Waals surface area contributed by atoms with Crippen LogP contribution < -0.4 is 10.6 Å². The summed E-state index contributed by atoms with van der Waals surface area (Å²) in [6.45, 7) is 9.30. The number of rotatable bonds is 8. The summed E-state index contributed by atoms with van der Waals surface area (Å²) in [4.78, 5) is 4.32. The van der Waals surface area contributed by atoms with Crippen LogP contribution in [0, 0.1) is 0 Å². The molecule has 144 valence electrons. The Morgan fingerprint density at radius 3 is 2.50 bits per heavy atom. The first-order valence-corrected chi connectivity index (χ1v) is 9.06. The summed E-state index contributed by atoms with van der Waals surface area (Å²) in [5.41, 5.74) is 2.76. The second kappa shape index (κ2) is 11.2. The Morgan fingerprint density at radius 1 is 1.19 bits per heavy atom. The van der Waals surface area contributed by atoms with Gasteiger partial charge >= 0.3 is 0 Å². The van der Waals surface area contributed by atoms with Gasteiger partial charge < -0.3 is 10.6 Å². The van der Waals surface area contributed by atoms with E-state index in [0.717, 1.165) is 38.4 Å².